The molecule has 3 N–H and O–H groups in total. The van der Waals surface area contributed by atoms with Gasteiger partial charge in [0.2, 0.25) is 0 Å². The van der Waals surface area contributed by atoms with Gasteiger partial charge in [-0.3, -0.25) is 19.3 Å². The molecule has 0 aliphatic carbocycles. The van der Waals surface area contributed by atoms with Crippen LogP contribution in [0.5, 0.6) is 0 Å². The first kappa shape index (κ1) is 54.3. The Hall–Kier alpha value is -4.01. The normalized spacial score (nSPS) is 37.0. The molecule has 17 heteroatoms. The molecule has 3 aromatic rings. The van der Waals surface area contributed by atoms with E-state index in [1.807, 2.05) is 77.2 Å². The number of hydrogen-bond acceptors (Lipinski definition) is 16. The number of esters is 1. The zero-order valence-electron chi connectivity index (χ0n) is 42.3. The number of aryl methyl sites for hydroxylation is 1. The van der Waals surface area contributed by atoms with Crippen molar-refractivity contribution in [1.82, 2.24) is 24.9 Å². The molecule has 16 atom stereocenters. The average Bonchev–Trinajstić information content (AvgIpc) is 3.77. The standard InChI is InChI=1S/C52H77N5O12/c1-12-42-38(29-66-52(7)50(64-11)49(63-10)46(61)34(6)69-52)23-30(2)17-19-41(58)32(4)24-36(21-22-57-27-40(54-55-57)37-25-35-15-13-14-16-39(35)53-26-37)48(31(3)18-20-43(59)67-42)68-51-47(62)44(56(8)9)45(60)33(5)28-65-51/h13-17,19,23,25-27,31-34,36,38,42,44-51,60-62H,12,18,20-22,24,28-29H2,1-11H3/b19-17+,30-23+/t31-,32+,33-,34?,36-,38+,42+,44?,45?,46?,47?,48+,49?,50-,51-,52+/m0/s1. The fraction of sp³-hybridized carbons (Fsp3) is 0.673. The first-order valence-corrected chi connectivity index (χ1v) is 24.6. The van der Waals surface area contributed by atoms with Gasteiger partial charge >= 0.3 is 5.97 Å². The second-order valence-corrected chi connectivity index (χ2v) is 19.9. The molecular formula is C52H77N5O12. The minimum absolute atomic E-state index is 0.0578. The highest BCUT2D eigenvalue weighted by Gasteiger charge is 2.53. The number of benzene rings is 1. The minimum atomic E-state index is -1.32. The van der Waals surface area contributed by atoms with Gasteiger partial charge in [0.05, 0.1) is 49.3 Å². The molecule has 0 saturated carbocycles. The summed E-state index contributed by atoms with van der Waals surface area (Å²) < 4.78 is 45.5. The average molecular weight is 964 g/mol. The van der Waals surface area contributed by atoms with Crippen molar-refractivity contribution in [2.45, 2.75) is 154 Å². The number of likely N-dealkylation sites (N-methyl/N-ethyl adjacent to an activating group) is 1. The predicted octanol–water partition coefficient (Wildman–Crippen LogP) is 5.54. The van der Waals surface area contributed by atoms with E-state index in [9.17, 15) is 24.9 Å². The lowest BCUT2D eigenvalue weighted by Crippen LogP contribution is -2.64. The zero-order valence-corrected chi connectivity index (χ0v) is 42.3. The molecule has 0 bridgehead atoms. The van der Waals surface area contributed by atoms with Crippen LogP contribution in [0.25, 0.3) is 22.2 Å². The van der Waals surface area contributed by atoms with Gasteiger partial charge in [-0.2, -0.15) is 0 Å². The van der Waals surface area contributed by atoms with Crippen LogP contribution in [0, 0.1) is 29.6 Å². The fourth-order valence-electron chi connectivity index (χ4n) is 10.3. The zero-order chi connectivity index (χ0) is 50.2. The van der Waals surface area contributed by atoms with Gasteiger partial charge < -0.3 is 53.4 Å². The Bertz CT molecular complexity index is 2200. The molecule has 0 radical (unpaired) electrons. The number of aliphatic hydroxyl groups excluding tert-OH is 3. The second kappa shape index (κ2) is 24.4. The lowest BCUT2D eigenvalue weighted by atomic mass is 9.80. The Morgan fingerprint density at radius 2 is 1.72 bits per heavy atom. The summed E-state index contributed by atoms with van der Waals surface area (Å²) in [5.74, 6) is -3.61. The molecule has 3 aliphatic heterocycles. The van der Waals surface area contributed by atoms with Crippen LogP contribution in [-0.4, -0.2) is 160 Å². The number of ether oxygens (including phenoxy) is 7. The third-order valence-electron chi connectivity index (χ3n) is 14.4. The van der Waals surface area contributed by atoms with Gasteiger partial charge in [-0.05, 0) is 90.6 Å². The molecule has 2 saturated heterocycles. The fourth-order valence-corrected chi connectivity index (χ4v) is 10.3. The number of ketones is 1. The predicted molar refractivity (Wildman–Crippen MR) is 258 cm³/mol. The number of methoxy groups -OCH3 is 2. The van der Waals surface area contributed by atoms with E-state index < -0.39 is 84.8 Å². The summed E-state index contributed by atoms with van der Waals surface area (Å²) in [5, 5.41) is 44.0. The number of fused-ring (bicyclic) bond motifs is 1. The first-order chi connectivity index (χ1) is 32.9. The highest BCUT2D eigenvalue weighted by molar-refractivity contribution is 5.91. The van der Waals surface area contributed by atoms with E-state index in [1.54, 1.807) is 55.9 Å². The van der Waals surface area contributed by atoms with E-state index in [0.29, 0.717) is 37.9 Å². The highest BCUT2D eigenvalue weighted by Crippen LogP contribution is 2.37. The summed E-state index contributed by atoms with van der Waals surface area (Å²) in [4.78, 5) is 34.6. The number of allylic oxidation sites excluding steroid dienone is 3. The lowest BCUT2D eigenvalue weighted by molar-refractivity contribution is -0.359. The van der Waals surface area contributed by atoms with Gasteiger partial charge in [-0.25, -0.2) is 0 Å². The van der Waals surface area contributed by atoms with Crippen molar-refractivity contribution in [3.63, 3.8) is 0 Å². The molecule has 5 heterocycles. The number of nitrogens with zero attached hydrogens (tertiary/aromatic N) is 5. The van der Waals surface area contributed by atoms with Gasteiger partial charge in [-0.15, -0.1) is 5.10 Å². The van der Waals surface area contributed by atoms with Crippen molar-refractivity contribution in [1.29, 1.82) is 0 Å². The summed E-state index contributed by atoms with van der Waals surface area (Å²) in [6.45, 7) is 13.7. The number of hydrogen-bond donors (Lipinski definition) is 3. The second-order valence-electron chi connectivity index (χ2n) is 19.9. The number of rotatable bonds is 13. The Kier molecular flexibility index (Phi) is 19.2. The highest BCUT2D eigenvalue weighted by atomic mass is 16.7. The molecule has 1 aromatic carbocycles. The van der Waals surface area contributed by atoms with Crippen LogP contribution < -0.4 is 0 Å². The smallest absolute Gasteiger partial charge is 0.306 e. The van der Waals surface area contributed by atoms with Crippen LogP contribution in [-0.2, 0) is 49.3 Å². The maximum Gasteiger partial charge on any atom is 0.306 e. The Morgan fingerprint density at radius 1 is 0.971 bits per heavy atom. The molecular weight excluding hydrogens is 887 g/mol. The van der Waals surface area contributed by atoms with E-state index in [2.05, 4.69) is 15.3 Å². The van der Waals surface area contributed by atoms with Gasteiger partial charge in [0, 0.05) is 62.1 Å². The molecule has 17 nitrogen and oxygen atoms in total. The molecule has 0 spiro atoms. The van der Waals surface area contributed by atoms with Gasteiger partial charge in [-0.1, -0.05) is 68.8 Å². The number of aromatic nitrogens is 4. The Morgan fingerprint density at radius 3 is 2.43 bits per heavy atom. The third-order valence-corrected chi connectivity index (χ3v) is 14.4. The van der Waals surface area contributed by atoms with Gasteiger partial charge in [0.1, 0.15) is 36.2 Å². The molecule has 382 valence electrons. The van der Waals surface area contributed by atoms with Crippen LogP contribution in [0.15, 0.2) is 66.5 Å². The topological polar surface area (TPSA) is 206 Å². The summed E-state index contributed by atoms with van der Waals surface area (Å²) in [5.41, 5.74) is 3.15. The van der Waals surface area contributed by atoms with Crippen molar-refractivity contribution in [2.24, 2.45) is 29.6 Å². The van der Waals surface area contributed by atoms with Crippen molar-refractivity contribution in [2.75, 3.05) is 41.5 Å². The first-order valence-electron chi connectivity index (χ1n) is 24.6. The SMILES string of the molecule is CC[C@H]1OC(=O)CC[C@H](C)[C@@H](O[C@@H]2OC[C@H](C)C(O)C(N(C)C)C2O)[C@@H](CCn2cc(-c3cnc4ccccc4c3)nn2)C[C@@H](C)C(=O)/C=C/C(C)=C/[C@@H]1CO[C@]1(C)OC(C)C(O)C(OC)[C@@H]1OC. The molecule has 6 rings (SSSR count). The van der Waals surface area contributed by atoms with Gasteiger partial charge in [0.15, 0.2) is 17.9 Å². The van der Waals surface area contributed by atoms with Crippen LogP contribution >= 0.6 is 0 Å². The number of carbonyl (C=O) groups is 2. The lowest BCUT2D eigenvalue weighted by Gasteiger charge is -2.48. The number of cyclic esters (lactones) is 1. The molecule has 3 aliphatic rings. The summed E-state index contributed by atoms with van der Waals surface area (Å²) in [7, 11) is 6.62. The van der Waals surface area contributed by atoms with E-state index in [1.165, 1.54) is 14.2 Å². The molecule has 2 fully saturated rings. The van der Waals surface area contributed by atoms with Crippen LogP contribution in [0.3, 0.4) is 0 Å². The molecule has 0 amide bonds. The number of pyridine rings is 1. The monoisotopic (exact) mass is 964 g/mol. The van der Waals surface area contributed by atoms with Crippen molar-refractivity contribution in [3.8, 4) is 11.3 Å². The van der Waals surface area contributed by atoms with E-state index in [-0.39, 0.29) is 43.2 Å². The van der Waals surface area contributed by atoms with Crippen LogP contribution in [0.1, 0.15) is 80.6 Å². The maximum absolute atomic E-state index is 14.2. The maximum atomic E-state index is 14.2. The number of para-hydroxylation sites is 1. The van der Waals surface area contributed by atoms with Crippen LogP contribution in [0.2, 0.25) is 0 Å². The summed E-state index contributed by atoms with van der Waals surface area (Å²) in [6, 6.07) is 9.24. The Balaban J connectivity index is 1.30. The van der Waals surface area contributed by atoms with E-state index in [4.69, 9.17) is 33.2 Å². The Labute approximate surface area is 407 Å². The number of carbonyl (C=O) groups excluding carboxylic acids is 2. The van der Waals surface area contributed by atoms with Crippen molar-refractivity contribution < 1.29 is 58.1 Å². The minimum Gasteiger partial charge on any atom is -0.462 e. The molecule has 2 aromatic heterocycles. The summed E-state index contributed by atoms with van der Waals surface area (Å²) in [6.07, 6.45) is 3.24. The van der Waals surface area contributed by atoms with Crippen LogP contribution in [0.4, 0.5) is 0 Å². The summed E-state index contributed by atoms with van der Waals surface area (Å²) >= 11 is 0. The van der Waals surface area contributed by atoms with E-state index in [0.717, 1.165) is 22.0 Å². The third kappa shape index (κ3) is 13.3. The van der Waals surface area contributed by atoms with Gasteiger partial charge in [0.25, 0.3) is 0 Å². The molecule has 69 heavy (non-hydrogen) atoms. The van der Waals surface area contributed by atoms with Crippen molar-refractivity contribution in [3.05, 3.63) is 66.5 Å². The van der Waals surface area contributed by atoms with Crippen molar-refractivity contribution >= 4 is 22.7 Å². The quantitative estimate of drug-likeness (QED) is 0.180. The molecule has 6 unspecified atom stereocenters. The number of aliphatic hydroxyl groups is 3. The van der Waals surface area contributed by atoms with E-state index >= 15 is 0 Å². The largest absolute Gasteiger partial charge is 0.462 e.